The fourth-order valence-electron chi connectivity index (χ4n) is 1.58. The molecular formula is C11H17N3O2. The number of carboxylic acid groups (broad SMARTS) is 1. The zero-order chi connectivity index (χ0) is 12.1. The van der Waals surface area contributed by atoms with Gasteiger partial charge in [-0.1, -0.05) is 0 Å². The second-order valence-electron chi connectivity index (χ2n) is 3.62. The molecule has 1 aromatic heterocycles. The van der Waals surface area contributed by atoms with Crippen LogP contribution in [0.2, 0.25) is 0 Å². The number of nitrogens with two attached hydrogens (primary N) is 1. The number of nitrogen functional groups attached to an aromatic ring is 1. The molecule has 88 valence electrons. The first-order valence-corrected chi connectivity index (χ1v) is 5.23. The van der Waals surface area contributed by atoms with Crippen LogP contribution in [0, 0.1) is 6.92 Å². The summed E-state index contributed by atoms with van der Waals surface area (Å²) in [6.07, 6.45) is 1.81. The molecule has 0 bridgehead atoms. The molecule has 0 saturated heterocycles. The van der Waals surface area contributed by atoms with Crippen molar-refractivity contribution in [1.82, 2.24) is 4.98 Å². The molecule has 0 atom stereocenters. The summed E-state index contributed by atoms with van der Waals surface area (Å²) in [5.41, 5.74) is 7.52. The van der Waals surface area contributed by atoms with Gasteiger partial charge in [-0.2, -0.15) is 0 Å². The quantitative estimate of drug-likeness (QED) is 0.785. The number of hydrogen-bond acceptors (Lipinski definition) is 4. The van der Waals surface area contributed by atoms with Gasteiger partial charge in [-0.15, -0.1) is 0 Å². The van der Waals surface area contributed by atoms with Crippen molar-refractivity contribution < 1.29 is 9.90 Å². The Balaban J connectivity index is 2.82. The second-order valence-corrected chi connectivity index (χ2v) is 3.62. The molecule has 5 nitrogen and oxygen atoms in total. The average molecular weight is 223 g/mol. The van der Waals surface area contributed by atoms with Gasteiger partial charge < -0.3 is 15.7 Å². The van der Waals surface area contributed by atoms with Gasteiger partial charge in [0.05, 0.1) is 18.3 Å². The number of carbonyl (C=O) groups is 1. The van der Waals surface area contributed by atoms with Crippen LogP contribution in [0.1, 0.15) is 18.9 Å². The third-order valence-electron chi connectivity index (χ3n) is 2.42. The number of carboxylic acids is 1. The number of aliphatic carboxylic acids is 1. The van der Waals surface area contributed by atoms with E-state index in [0.29, 0.717) is 12.4 Å². The molecule has 1 rings (SSSR count). The largest absolute Gasteiger partial charge is 0.481 e. The lowest BCUT2D eigenvalue weighted by atomic mass is 10.2. The Hall–Kier alpha value is -1.78. The summed E-state index contributed by atoms with van der Waals surface area (Å²) < 4.78 is 0. The molecule has 0 aliphatic heterocycles. The lowest BCUT2D eigenvalue weighted by Gasteiger charge is -2.23. The van der Waals surface area contributed by atoms with Gasteiger partial charge >= 0.3 is 5.97 Å². The highest BCUT2D eigenvalue weighted by atomic mass is 16.4. The van der Waals surface area contributed by atoms with Gasteiger partial charge in [0.2, 0.25) is 0 Å². The van der Waals surface area contributed by atoms with Crippen LogP contribution in [0.4, 0.5) is 11.5 Å². The fraction of sp³-hybridized carbons (Fsp3) is 0.455. The molecule has 1 aromatic rings. The minimum absolute atomic E-state index is 0.123. The monoisotopic (exact) mass is 223 g/mol. The van der Waals surface area contributed by atoms with E-state index in [1.807, 2.05) is 18.7 Å². The molecule has 0 radical (unpaired) electrons. The van der Waals surface area contributed by atoms with Gasteiger partial charge in [-0.05, 0) is 25.5 Å². The molecule has 3 N–H and O–H groups in total. The Morgan fingerprint density at radius 2 is 2.31 bits per heavy atom. The highest BCUT2D eigenvalue weighted by Gasteiger charge is 2.09. The summed E-state index contributed by atoms with van der Waals surface area (Å²) in [6, 6.07) is 1.79. The van der Waals surface area contributed by atoms with Crippen LogP contribution in [0.25, 0.3) is 0 Å². The Morgan fingerprint density at radius 1 is 1.62 bits per heavy atom. The maximum Gasteiger partial charge on any atom is 0.305 e. The van der Waals surface area contributed by atoms with Crippen LogP contribution in [0.3, 0.4) is 0 Å². The molecule has 0 aliphatic rings. The number of aryl methyl sites for hydroxylation is 1. The normalized spacial score (nSPS) is 10.1. The molecule has 0 aliphatic carbocycles. The lowest BCUT2D eigenvalue weighted by Crippen LogP contribution is -2.26. The number of nitrogens with zero attached hydrogens (tertiary/aromatic N) is 2. The van der Waals surface area contributed by atoms with E-state index in [1.165, 1.54) is 0 Å². The molecule has 5 heteroatoms. The standard InChI is InChI=1S/C11H17N3O2/c1-3-14(5-4-11(15)16)9-7-13-10(12)6-8(9)2/h6-7H,3-5H2,1-2H3,(H2,12,13)(H,15,16). The van der Waals surface area contributed by atoms with Gasteiger partial charge in [-0.3, -0.25) is 4.79 Å². The van der Waals surface area contributed by atoms with E-state index in [2.05, 4.69) is 4.98 Å². The molecular weight excluding hydrogens is 206 g/mol. The van der Waals surface area contributed by atoms with Gasteiger partial charge in [0, 0.05) is 13.1 Å². The third-order valence-corrected chi connectivity index (χ3v) is 2.42. The van der Waals surface area contributed by atoms with Crippen LogP contribution < -0.4 is 10.6 Å². The summed E-state index contributed by atoms with van der Waals surface area (Å²) in [5.74, 6) is -0.310. The highest BCUT2D eigenvalue weighted by Crippen LogP contribution is 2.20. The van der Waals surface area contributed by atoms with Crippen LogP contribution in [0.15, 0.2) is 12.3 Å². The Labute approximate surface area is 94.9 Å². The molecule has 0 saturated carbocycles. The molecule has 0 aromatic carbocycles. The van der Waals surface area contributed by atoms with E-state index in [9.17, 15) is 4.79 Å². The zero-order valence-corrected chi connectivity index (χ0v) is 9.60. The van der Waals surface area contributed by atoms with Gasteiger partial charge in [-0.25, -0.2) is 4.98 Å². The summed E-state index contributed by atoms with van der Waals surface area (Å²) >= 11 is 0. The van der Waals surface area contributed by atoms with E-state index in [0.717, 1.165) is 17.8 Å². The molecule has 0 spiro atoms. The van der Waals surface area contributed by atoms with E-state index in [1.54, 1.807) is 12.3 Å². The number of aromatic nitrogens is 1. The maximum absolute atomic E-state index is 10.5. The number of hydrogen-bond donors (Lipinski definition) is 2. The van der Waals surface area contributed by atoms with Gasteiger partial charge in [0.15, 0.2) is 0 Å². The number of pyridine rings is 1. The number of rotatable bonds is 5. The molecule has 0 unspecified atom stereocenters. The van der Waals surface area contributed by atoms with E-state index >= 15 is 0 Å². The summed E-state index contributed by atoms with van der Waals surface area (Å²) in [7, 11) is 0. The Bertz CT molecular complexity index is 379. The summed E-state index contributed by atoms with van der Waals surface area (Å²) in [6.45, 7) is 5.16. The minimum Gasteiger partial charge on any atom is -0.481 e. The maximum atomic E-state index is 10.5. The van der Waals surface area contributed by atoms with Crippen molar-refractivity contribution in [3.63, 3.8) is 0 Å². The molecule has 16 heavy (non-hydrogen) atoms. The van der Waals surface area contributed by atoms with Crippen LogP contribution in [-0.4, -0.2) is 29.1 Å². The first kappa shape index (κ1) is 12.3. The average Bonchev–Trinajstić information content (AvgIpc) is 2.21. The topological polar surface area (TPSA) is 79.5 Å². The fourth-order valence-corrected chi connectivity index (χ4v) is 1.58. The van der Waals surface area contributed by atoms with Crippen LogP contribution >= 0.6 is 0 Å². The lowest BCUT2D eigenvalue weighted by molar-refractivity contribution is -0.136. The van der Waals surface area contributed by atoms with Crippen molar-refractivity contribution in [2.45, 2.75) is 20.3 Å². The Morgan fingerprint density at radius 3 is 2.81 bits per heavy atom. The van der Waals surface area contributed by atoms with Crippen molar-refractivity contribution in [1.29, 1.82) is 0 Å². The van der Waals surface area contributed by atoms with Crippen molar-refractivity contribution in [2.24, 2.45) is 0 Å². The highest BCUT2D eigenvalue weighted by molar-refractivity contribution is 5.68. The van der Waals surface area contributed by atoms with Crippen molar-refractivity contribution in [3.8, 4) is 0 Å². The zero-order valence-electron chi connectivity index (χ0n) is 9.60. The molecule has 0 amide bonds. The van der Waals surface area contributed by atoms with Crippen LogP contribution in [-0.2, 0) is 4.79 Å². The van der Waals surface area contributed by atoms with E-state index in [-0.39, 0.29) is 6.42 Å². The predicted octanol–water partition coefficient (Wildman–Crippen LogP) is 1.27. The van der Waals surface area contributed by atoms with Crippen LogP contribution in [0.5, 0.6) is 0 Å². The van der Waals surface area contributed by atoms with E-state index < -0.39 is 5.97 Å². The first-order chi connectivity index (χ1) is 7.54. The smallest absolute Gasteiger partial charge is 0.305 e. The van der Waals surface area contributed by atoms with Crippen molar-refractivity contribution in [2.75, 3.05) is 23.7 Å². The summed E-state index contributed by atoms with van der Waals surface area (Å²) in [4.78, 5) is 16.5. The van der Waals surface area contributed by atoms with E-state index in [4.69, 9.17) is 10.8 Å². The Kier molecular flexibility index (Phi) is 4.10. The first-order valence-electron chi connectivity index (χ1n) is 5.23. The SMILES string of the molecule is CCN(CCC(=O)O)c1cnc(N)cc1C. The molecule has 0 fully saturated rings. The van der Waals surface area contributed by atoms with Gasteiger partial charge in [0.1, 0.15) is 5.82 Å². The van der Waals surface area contributed by atoms with Crippen molar-refractivity contribution >= 4 is 17.5 Å². The second kappa shape index (κ2) is 5.34. The molecule has 1 heterocycles. The van der Waals surface area contributed by atoms with Crippen molar-refractivity contribution in [3.05, 3.63) is 17.8 Å². The summed E-state index contributed by atoms with van der Waals surface area (Å²) in [5, 5.41) is 8.66. The minimum atomic E-state index is -0.792. The third kappa shape index (κ3) is 3.12. The van der Waals surface area contributed by atoms with Gasteiger partial charge in [0.25, 0.3) is 0 Å². The number of anilines is 2. The predicted molar refractivity (Wildman–Crippen MR) is 63.5 cm³/mol.